The van der Waals surface area contributed by atoms with Gasteiger partial charge in [-0.25, -0.2) is 4.98 Å². The van der Waals surface area contributed by atoms with Crippen LogP contribution in [0.5, 0.6) is 0 Å². The molecular weight excluding hydrogens is 250 g/mol. The summed E-state index contributed by atoms with van der Waals surface area (Å²) in [5.41, 5.74) is 4.43. The minimum absolute atomic E-state index is 0.0345. The summed E-state index contributed by atoms with van der Waals surface area (Å²) < 4.78 is 0. The van der Waals surface area contributed by atoms with E-state index in [0.717, 1.165) is 11.4 Å². The van der Waals surface area contributed by atoms with Gasteiger partial charge in [-0.05, 0) is 43.2 Å². The van der Waals surface area contributed by atoms with E-state index >= 15 is 0 Å². The average Bonchev–Trinajstić information content (AvgIpc) is 2.46. The van der Waals surface area contributed by atoms with Gasteiger partial charge in [0.1, 0.15) is 5.82 Å². The topological polar surface area (TPSA) is 54.0 Å². The lowest BCUT2D eigenvalue weighted by Crippen LogP contribution is -2.10. The normalized spacial score (nSPS) is 10.2. The van der Waals surface area contributed by atoms with E-state index in [9.17, 15) is 4.79 Å². The summed E-state index contributed by atoms with van der Waals surface area (Å²) in [5.74, 6) is 0.538. The summed E-state index contributed by atoms with van der Waals surface area (Å²) in [6.45, 7) is 5.98. The maximum atomic E-state index is 11.3. The number of benzene rings is 1. The predicted molar refractivity (Wildman–Crippen MR) is 82.4 cm³/mol. The number of hydrogen-bond donors (Lipinski definition) is 2. The Hall–Kier alpha value is -2.36. The molecule has 2 N–H and O–H groups in total. The van der Waals surface area contributed by atoms with Crippen molar-refractivity contribution in [1.29, 1.82) is 0 Å². The van der Waals surface area contributed by atoms with Gasteiger partial charge in [0.2, 0.25) is 5.91 Å². The molecule has 4 heteroatoms. The van der Waals surface area contributed by atoms with Gasteiger partial charge in [-0.2, -0.15) is 0 Å². The van der Waals surface area contributed by atoms with Crippen LogP contribution in [0.3, 0.4) is 0 Å². The molecule has 0 radical (unpaired) electrons. The van der Waals surface area contributed by atoms with Crippen molar-refractivity contribution in [1.82, 2.24) is 4.98 Å². The van der Waals surface area contributed by atoms with Crippen molar-refractivity contribution in [2.45, 2.75) is 27.2 Å². The lowest BCUT2D eigenvalue weighted by atomic mass is 10.1. The molecule has 1 aromatic heterocycles. The van der Waals surface area contributed by atoms with Gasteiger partial charge in [-0.15, -0.1) is 0 Å². The Bertz CT molecular complexity index is 606. The monoisotopic (exact) mass is 269 g/mol. The second-order valence-electron chi connectivity index (χ2n) is 4.71. The van der Waals surface area contributed by atoms with Crippen molar-refractivity contribution >= 4 is 23.1 Å². The maximum absolute atomic E-state index is 11.3. The van der Waals surface area contributed by atoms with Gasteiger partial charge in [0.25, 0.3) is 0 Å². The zero-order valence-electron chi connectivity index (χ0n) is 12.0. The number of anilines is 3. The van der Waals surface area contributed by atoms with Gasteiger partial charge in [-0.3, -0.25) is 4.79 Å². The van der Waals surface area contributed by atoms with E-state index in [1.807, 2.05) is 25.1 Å². The molecule has 0 bridgehead atoms. The Kier molecular flexibility index (Phi) is 4.35. The lowest BCUT2D eigenvalue weighted by molar-refractivity contribution is -0.115. The molecule has 0 unspecified atom stereocenters. The van der Waals surface area contributed by atoms with Gasteiger partial charge >= 0.3 is 0 Å². The molecule has 0 atom stereocenters. The molecule has 0 saturated carbocycles. The van der Waals surface area contributed by atoms with E-state index in [1.165, 1.54) is 11.1 Å². The summed E-state index contributed by atoms with van der Waals surface area (Å²) in [7, 11) is 0. The molecule has 2 rings (SSSR count). The molecule has 0 fully saturated rings. The standard InChI is InChI=1S/C16H19N3O/c1-4-16(20)19-15-9-8-13(10-17-15)18-14-7-5-6-11(2)12(14)3/h5-10,18H,4H2,1-3H3,(H,17,19,20). The van der Waals surface area contributed by atoms with E-state index in [1.54, 1.807) is 12.3 Å². The number of carbonyl (C=O) groups excluding carboxylic acids is 1. The number of nitrogens with one attached hydrogen (secondary N) is 2. The van der Waals surface area contributed by atoms with E-state index in [4.69, 9.17) is 0 Å². The highest BCUT2D eigenvalue weighted by molar-refractivity contribution is 5.89. The molecule has 1 aromatic carbocycles. The van der Waals surface area contributed by atoms with Crippen LogP contribution in [0.2, 0.25) is 0 Å². The lowest BCUT2D eigenvalue weighted by Gasteiger charge is -2.11. The Morgan fingerprint density at radius 3 is 2.65 bits per heavy atom. The smallest absolute Gasteiger partial charge is 0.225 e. The Balaban J connectivity index is 2.11. The SMILES string of the molecule is CCC(=O)Nc1ccc(Nc2cccc(C)c2C)cn1. The highest BCUT2D eigenvalue weighted by Crippen LogP contribution is 2.22. The van der Waals surface area contributed by atoms with Gasteiger partial charge in [-0.1, -0.05) is 19.1 Å². The van der Waals surface area contributed by atoms with Gasteiger partial charge in [0.15, 0.2) is 0 Å². The van der Waals surface area contributed by atoms with Crippen LogP contribution in [0.1, 0.15) is 24.5 Å². The second-order valence-corrected chi connectivity index (χ2v) is 4.71. The first-order chi connectivity index (χ1) is 9.60. The van der Waals surface area contributed by atoms with Crippen molar-refractivity contribution in [3.63, 3.8) is 0 Å². The molecule has 104 valence electrons. The highest BCUT2D eigenvalue weighted by Gasteiger charge is 2.03. The van der Waals surface area contributed by atoms with Crippen LogP contribution in [0.15, 0.2) is 36.5 Å². The summed E-state index contributed by atoms with van der Waals surface area (Å²) >= 11 is 0. The number of amides is 1. The van der Waals surface area contributed by atoms with Crippen LogP contribution in [0, 0.1) is 13.8 Å². The molecule has 4 nitrogen and oxygen atoms in total. The molecule has 2 aromatic rings. The number of hydrogen-bond acceptors (Lipinski definition) is 3. The number of rotatable bonds is 4. The minimum Gasteiger partial charge on any atom is -0.354 e. The Morgan fingerprint density at radius 1 is 1.20 bits per heavy atom. The van der Waals surface area contributed by atoms with E-state index in [-0.39, 0.29) is 5.91 Å². The second kappa shape index (κ2) is 6.19. The summed E-state index contributed by atoms with van der Waals surface area (Å²) in [6, 6.07) is 9.84. The van der Waals surface area contributed by atoms with Crippen LogP contribution in [-0.2, 0) is 4.79 Å². The van der Waals surface area contributed by atoms with Gasteiger partial charge < -0.3 is 10.6 Å². The first kappa shape index (κ1) is 14.1. The number of aromatic nitrogens is 1. The van der Waals surface area contributed by atoms with Crippen molar-refractivity contribution in [3.05, 3.63) is 47.7 Å². The first-order valence-electron chi connectivity index (χ1n) is 6.69. The average molecular weight is 269 g/mol. The quantitative estimate of drug-likeness (QED) is 0.887. The van der Waals surface area contributed by atoms with Crippen molar-refractivity contribution in [2.75, 3.05) is 10.6 Å². The van der Waals surface area contributed by atoms with Crippen LogP contribution in [-0.4, -0.2) is 10.9 Å². The highest BCUT2D eigenvalue weighted by atomic mass is 16.1. The summed E-state index contributed by atoms with van der Waals surface area (Å²) in [5, 5.41) is 6.06. The molecular formula is C16H19N3O. The fourth-order valence-electron chi connectivity index (χ4n) is 1.81. The molecule has 20 heavy (non-hydrogen) atoms. The molecule has 1 heterocycles. The van der Waals surface area contributed by atoms with Crippen LogP contribution < -0.4 is 10.6 Å². The third kappa shape index (κ3) is 3.35. The number of carbonyl (C=O) groups is 1. The molecule has 0 aliphatic heterocycles. The Morgan fingerprint density at radius 2 is 2.00 bits per heavy atom. The molecule has 0 saturated heterocycles. The third-order valence-corrected chi connectivity index (χ3v) is 3.24. The van der Waals surface area contributed by atoms with E-state index in [2.05, 4.69) is 35.5 Å². The first-order valence-corrected chi connectivity index (χ1v) is 6.69. The Labute approximate surface area is 119 Å². The van der Waals surface area contributed by atoms with Crippen LogP contribution in [0.4, 0.5) is 17.2 Å². The molecule has 0 spiro atoms. The van der Waals surface area contributed by atoms with Gasteiger partial charge in [0.05, 0.1) is 11.9 Å². The largest absolute Gasteiger partial charge is 0.354 e. The predicted octanol–water partition coefficient (Wildman–Crippen LogP) is 3.79. The van der Waals surface area contributed by atoms with Crippen molar-refractivity contribution < 1.29 is 4.79 Å². The van der Waals surface area contributed by atoms with Crippen molar-refractivity contribution in [2.24, 2.45) is 0 Å². The maximum Gasteiger partial charge on any atom is 0.225 e. The fraction of sp³-hybridized carbons (Fsp3) is 0.250. The minimum atomic E-state index is -0.0345. The van der Waals surface area contributed by atoms with Gasteiger partial charge in [0, 0.05) is 12.1 Å². The summed E-state index contributed by atoms with van der Waals surface area (Å²) in [6.07, 6.45) is 2.16. The summed E-state index contributed by atoms with van der Waals surface area (Å²) in [4.78, 5) is 15.5. The van der Waals surface area contributed by atoms with Crippen LogP contribution >= 0.6 is 0 Å². The molecule has 1 amide bonds. The molecule has 0 aliphatic carbocycles. The number of pyridine rings is 1. The molecule has 0 aliphatic rings. The van der Waals surface area contributed by atoms with Crippen molar-refractivity contribution in [3.8, 4) is 0 Å². The zero-order valence-corrected chi connectivity index (χ0v) is 12.0. The number of aryl methyl sites for hydroxylation is 1. The van der Waals surface area contributed by atoms with E-state index in [0.29, 0.717) is 12.2 Å². The zero-order chi connectivity index (χ0) is 14.5. The third-order valence-electron chi connectivity index (χ3n) is 3.24. The van der Waals surface area contributed by atoms with Crippen LogP contribution in [0.25, 0.3) is 0 Å². The fourth-order valence-corrected chi connectivity index (χ4v) is 1.81. The van der Waals surface area contributed by atoms with E-state index < -0.39 is 0 Å². The number of nitrogens with zero attached hydrogens (tertiary/aromatic N) is 1.